The largest absolute Gasteiger partial charge is 0.444 e. The molecule has 1 unspecified atom stereocenters. The Balaban J connectivity index is 1.57. The number of imidazole rings is 1. The maximum absolute atomic E-state index is 12.7. The maximum atomic E-state index is 12.7. The number of methoxy groups -OCH3 is 1. The Hall–Kier alpha value is -2.65. The van der Waals surface area contributed by atoms with Crippen LogP contribution in [-0.4, -0.2) is 83.1 Å². The van der Waals surface area contributed by atoms with Crippen molar-refractivity contribution < 1.29 is 23.8 Å². The lowest BCUT2D eigenvalue weighted by Gasteiger charge is -2.37. The number of benzene rings is 1. The van der Waals surface area contributed by atoms with Gasteiger partial charge in [-0.05, 0) is 45.9 Å². The maximum Gasteiger partial charge on any atom is 0.410 e. The van der Waals surface area contributed by atoms with E-state index in [-0.39, 0.29) is 12.1 Å². The highest BCUT2D eigenvalue weighted by Gasteiger charge is 2.29. The van der Waals surface area contributed by atoms with E-state index >= 15 is 0 Å². The lowest BCUT2D eigenvalue weighted by molar-refractivity contribution is -0.0443. The lowest BCUT2D eigenvalue weighted by Crippen LogP contribution is -2.53. The van der Waals surface area contributed by atoms with Crippen molar-refractivity contribution in [3.05, 3.63) is 30.1 Å². The van der Waals surface area contributed by atoms with Gasteiger partial charge < -0.3 is 23.7 Å². The second-order valence-corrected chi connectivity index (χ2v) is 8.64. The predicted octanol–water partition coefficient (Wildman–Crippen LogP) is 2.74. The van der Waals surface area contributed by atoms with Gasteiger partial charge in [-0.25, -0.2) is 14.6 Å². The van der Waals surface area contributed by atoms with E-state index in [1.165, 1.54) is 0 Å². The topological polar surface area (TPSA) is 86.1 Å². The summed E-state index contributed by atoms with van der Waals surface area (Å²) in [5, 5.41) is 0. The highest BCUT2D eigenvalue weighted by atomic mass is 16.6. The minimum atomic E-state index is -0.517. The molecule has 3 rings (SSSR count). The van der Waals surface area contributed by atoms with E-state index in [2.05, 4.69) is 4.98 Å². The molecule has 2 heterocycles. The van der Waals surface area contributed by atoms with Crippen LogP contribution in [-0.2, 0) is 20.8 Å². The number of fused-ring (bicyclic) bond motifs is 1. The first kappa shape index (κ1) is 23.0. The van der Waals surface area contributed by atoms with Gasteiger partial charge in [-0.3, -0.25) is 4.90 Å². The van der Waals surface area contributed by atoms with Crippen LogP contribution in [0.25, 0.3) is 11.0 Å². The summed E-state index contributed by atoms with van der Waals surface area (Å²) in [6.07, 6.45) is 1.03. The van der Waals surface area contributed by atoms with E-state index in [0.717, 1.165) is 11.0 Å². The first-order valence-corrected chi connectivity index (χ1v) is 10.5. The Kier molecular flexibility index (Phi) is 7.17. The van der Waals surface area contributed by atoms with Crippen LogP contribution in [0.5, 0.6) is 0 Å². The summed E-state index contributed by atoms with van der Waals surface area (Å²) >= 11 is 0. The summed E-state index contributed by atoms with van der Waals surface area (Å²) in [5.41, 5.74) is 1.65. The first-order valence-electron chi connectivity index (χ1n) is 10.5. The summed E-state index contributed by atoms with van der Waals surface area (Å²) in [6, 6.07) is 5.35. The molecule has 0 spiro atoms. The zero-order valence-corrected chi connectivity index (χ0v) is 19.0. The van der Waals surface area contributed by atoms with Gasteiger partial charge in [0, 0.05) is 39.8 Å². The summed E-state index contributed by atoms with van der Waals surface area (Å²) in [4.78, 5) is 33.0. The molecular weight excluding hydrogens is 400 g/mol. The Morgan fingerprint density at radius 3 is 2.52 bits per heavy atom. The number of carbonyl (C=O) groups excluding carboxylic acids is 2. The third-order valence-corrected chi connectivity index (χ3v) is 5.15. The third-order valence-electron chi connectivity index (χ3n) is 5.15. The molecule has 9 nitrogen and oxygen atoms in total. The number of aromatic nitrogens is 2. The van der Waals surface area contributed by atoms with Crippen molar-refractivity contribution in [1.82, 2.24) is 19.4 Å². The fraction of sp³-hybridized carbons (Fsp3) is 0.591. The summed E-state index contributed by atoms with van der Waals surface area (Å²) < 4.78 is 18.2. The van der Waals surface area contributed by atoms with Gasteiger partial charge in [0.2, 0.25) is 0 Å². The number of nitrogens with zero attached hydrogens (tertiary/aromatic N) is 4. The van der Waals surface area contributed by atoms with Gasteiger partial charge in [-0.15, -0.1) is 0 Å². The molecule has 31 heavy (non-hydrogen) atoms. The number of esters is 1. The number of rotatable bonds is 6. The molecule has 0 saturated carbocycles. The zero-order valence-electron chi connectivity index (χ0n) is 19.0. The summed E-state index contributed by atoms with van der Waals surface area (Å²) in [7, 11) is 1.65. The average Bonchev–Trinajstić information content (AvgIpc) is 3.13. The first-order chi connectivity index (χ1) is 14.7. The van der Waals surface area contributed by atoms with Gasteiger partial charge in [0.05, 0.1) is 29.5 Å². The third kappa shape index (κ3) is 5.95. The van der Waals surface area contributed by atoms with Gasteiger partial charge in [0.25, 0.3) is 0 Å². The number of piperazine rings is 1. The van der Waals surface area contributed by atoms with Crippen LogP contribution in [0.4, 0.5) is 4.79 Å². The van der Waals surface area contributed by atoms with Gasteiger partial charge in [0.15, 0.2) is 6.23 Å². The van der Waals surface area contributed by atoms with Crippen molar-refractivity contribution in [2.45, 2.75) is 46.1 Å². The normalized spacial score (nSPS) is 16.4. The molecule has 0 bridgehead atoms. The molecule has 0 aliphatic carbocycles. The van der Waals surface area contributed by atoms with Crippen LogP contribution in [0.3, 0.4) is 0 Å². The second kappa shape index (κ2) is 9.65. The van der Waals surface area contributed by atoms with Crippen LogP contribution >= 0.6 is 0 Å². The van der Waals surface area contributed by atoms with Crippen molar-refractivity contribution in [3.63, 3.8) is 0 Å². The Bertz CT molecular complexity index is 912. The molecule has 1 aliphatic heterocycles. The molecule has 170 valence electrons. The Labute approximate surface area is 182 Å². The number of hydrogen-bond donors (Lipinski definition) is 0. The molecule has 1 aromatic carbocycles. The van der Waals surface area contributed by atoms with Crippen molar-refractivity contribution in [2.24, 2.45) is 0 Å². The van der Waals surface area contributed by atoms with Gasteiger partial charge in [-0.1, -0.05) is 0 Å². The van der Waals surface area contributed by atoms with Crippen molar-refractivity contribution in [2.75, 3.05) is 39.9 Å². The lowest BCUT2D eigenvalue weighted by atomic mass is 10.2. The van der Waals surface area contributed by atoms with E-state index < -0.39 is 11.8 Å². The fourth-order valence-corrected chi connectivity index (χ4v) is 3.44. The van der Waals surface area contributed by atoms with E-state index in [9.17, 15) is 9.59 Å². The molecule has 1 aromatic heterocycles. The Morgan fingerprint density at radius 1 is 1.16 bits per heavy atom. The van der Waals surface area contributed by atoms with Crippen molar-refractivity contribution in [3.8, 4) is 0 Å². The average molecular weight is 433 g/mol. The molecule has 9 heteroatoms. The predicted molar refractivity (Wildman–Crippen MR) is 116 cm³/mol. The van der Waals surface area contributed by atoms with Crippen LogP contribution in [0.1, 0.15) is 38.1 Å². The van der Waals surface area contributed by atoms with Crippen LogP contribution in [0, 0.1) is 0 Å². The molecular formula is C22H32N4O5. The molecule has 0 N–H and O–H groups in total. The molecule has 1 fully saturated rings. The van der Waals surface area contributed by atoms with E-state index in [0.29, 0.717) is 44.9 Å². The van der Waals surface area contributed by atoms with E-state index in [1.54, 1.807) is 30.5 Å². The van der Waals surface area contributed by atoms with Crippen LogP contribution in [0.15, 0.2) is 24.5 Å². The highest BCUT2D eigenvalue weighted by Crippen LogP contribution is 2.18. The summed E-state index contributed by atoms with van der Waals surface area (Å²) in [6.45, 7) is 10.9. The minimum absolute atomic E-state index is 0.310. The van der Waals surface area contributed by atoms with Crippen molar-refractivity contribution >= 4 is 23.1 Å². The van der Waals surface area contributed by atoms with E-state index in [1.807, 2.05) is 43.2 Å². The fourth-order valence-electron chi connectivity index (χ4n) is 3.44. The molecule has 2 aromatic rings. The number of carbonyl (C=O) groups is 2. The molecule has 1 aliphatic rings. The quantitative estimate of drug-likeness (QED) is 0.649. The van der Waals surface area contributed by atoms with Crippen molar-refractivity contribution in [1.29, 1.82) is 0 Å². The minimum Gasteiger partial charge on any atom is -0.444 e. The number of ether oxygens (including phenoxy) is 3. The number of amides is 1. The second-order valence-electron chi connectivity index (χ2n) is 8.64. The van der Waals surface area contributed by atoms with Gasteiger partial charge >= 0.3 is 12.1 Å². The molecule has 1 amide bonds. The molecule has 1 atom stereocenters. The molecule has 1 saturated heterocycles. The van der Waals surface area contributed by atoms with E-state index in [4.69, 9.17) is 14.2 Å². The number of hydrogen-bond acceptors (Lipinski definition) is 7. The Morgan fingerprint density at radius 2 is 1.87 bits per heavy atom. The standard InChI is InChI=1S/C22H32N4O5/c1-16(24-8-10-25(11-9-24)21(28)31-22(2,3)4)30-20(27)17-6-7-18-19(14-17)26(15-23-18)12-13-29-5/h6-7,14-16H,8-13H2,1-5H3. The smallest absolute Gasteiger partial charge is 0.410 e. The SMILES string of the molecule is COCCn1cnc2ccc(C(=O)OC(C)N3CCN(C(=O)OC(C)(C)C)CC3)cc21. The van der Waals surface area contributed by atoms with Crippen LogP contribution < -0.4 is 0 Å². The zero-order chi connectivity index (χ0) is 22.6. The van der Waals surface area contributed by atoms with Gasteiger partial charge in [0.1, 0.15) is 5.60 Å². The highest BCUT2D eigenvalue weighted by molar-refractivity contribution is 5.93. The monoisotopic (exact) mass is 432 g/mol. The molecule has 0 radical (unpaired) electrons. The van der Waals surface area contributed by atoms with Gasteiger partial charge in [-0.2, -0.15) is 0 Å². The van der Waals surface area contributed by atoms with Crippen LogP contribution in [0.2, 0.25) is 0 Å². The summed E-state index contributed by atoms with van der Waals surface area (Å²) in [5.74, 6) is -0.386.